The van der Waals surface area contributed by atoms with E-state index in [4.69, 9.17) is 6.42 Å². The first kappa shape index (κ1) is 14.1. The highest BCUT2D eigenvalue weighted by molar-refractivity contribution is 5.75. The van der Waals surface area contributed by atoms with E-state index in [-0.39, 0.29) is 5.91 Å². The minimum absolute atomic E-state index is 0.172. The third kappa shape index (κ3) is 7.01. The molecule has 1 amide bonds. The number of nitrogens with one attached hydrogen (secondary N) is 2. The molecule has 1 atom stereocenters. The molecule has 96 valence electrons. The lowest BCUT2D eigenvalue weighted by Gasteiger charge is -2.22. The predicted octanol–water partition coefficient (Wildman–Crippen LogP) is 1.69. The second-order valence-corrected chi connectivity index (χ2v) is 4.76. The van der Waals surface area contributed by atoms with E-state index >= 15 is 0 Å². The monoisotopic (exact) mass is 236 g/mol. The van der Waals surface area contributed by atoms with Crippen LogP contribution in [0.5, 0.6) is 0 Å². The quantitative estimate of drug-likeness (QED) is 0.521. The van der Waals surface area contributed by atoms with Gasteiger partial charge in [-0.25, -0.2) is 0 Å². The van der Waals surface area contributed by atoms with Crippen molar-refractivity contribution in [3.05, 3.63) is 0 Å². The second-order valence-electron chi connectivity index (χ2n) is 4.76. The van der Waals surface area contributed by atoms with Gasteiger partial charge in [0.15, 0.2) is 0 Å². The van der Waals surface area contributed by atoms with E-state index in [2.05, 4.69) is 16.6 Å². The summed E-state index contributed by atoms with van der Waals surface area (Å²) >= 11 is 0. The lowest BCUT2D eigenvalue weighted by molar-refractivity contribution is -0.121. The molecule has 0 saturated carbocycles. The smallest absolute Gasteiger partial charge is 0.219 e. The van der Waals surface area contributed by atoms with Crippen LogP contribution in [-0.2, 0) is 4.79 Å². The fourth-order valence-corrected chi connectivity index (χ4v) is 2.19. The van der Waals surface area contributed by atoms with Gasteiger partial charge < -0.3 is 10.6 Å². The summed E-state index contributed by atoms with van der Waals surface area (Å²) in [7, 11) is 0. The first-order valence-corrected chi connectivity index (χ1v) is 6.74. The summed E-state index contributed by atoms with van der Waals surface area (Å²) in [4.78, 5) is 11.5. The fraction of sp³-hybridized carbons (Fsp3) is 0.786. The van der Waals surface area contributed by atoms with Gasteiger partial charge in [0.25, 0.3) is 0 Å². The molecule has 1 aliphatic heterocycles. The van der Waals surface area contributed by atoms with Gasteiger partial charge in [-0.1, -0.05) is 0 Å². The molecule has 3 heteroatoms. The molecule has 0 aromatic heterocycles. The number of rotatable bonds is 7. The Bertz CT molecular complexity index is 251. The van der Waals surface area contributed by atoms with Crippen LogP contribution in [0.2, 0.25) is 0 Å². The van der Waals surface area contributed by atoms with Crippen LogP contribution in [-0.4, -0.2) is 25.5 Å². The molecule has 1 rings (SSSR count). The molecule has 17 heavy (non-hydrogen) atoms. The molecule has 1 aliphatic rings. The van der Waals surface area contributed by atoms with Crippen LogP contribution in [0.15, 0.2) is 0 Å². The molecule has 1 heterocycles. The first-order valence-electron chi connectivity index (χ1n) is 6.74. The van der Waals surface area contributed by atoms with Gasteiger partial charge in [-0.2, -0.15) is 0 Å². The molecule has 0 bridgehead atoms. The molecular formula is C14H24N2O. The van der Waals surface area contributed by atoms with E-state index in [1.165, 1.54) is 12.8 Å². The number of piperidine rings is 1. The summed E-state index contributed by atoms with van der Waals surface area (Å²) in [6.45, 7) is 3.08. The molecule has 1 unspecified atom stereocenters. The van der Waals surface area contributed by atoms with Crippen LogP contribution >= 0.6 is 0 Å². The highest BCUT2D eigenvalue weighted by Gasteiger charge is 2.12. The molecular weight excluding hydrogens is 212 g/mol. The molecule has 2 N–H and O–H groups in total. The Labute approximate surface area is 105 Å². The summed E-state index contributed by atoms with van der Waals surface area (Å²) in [6, 6.07) is 0. The maximum atomic E-state index is 11.5. The minimum Gasteiger partial charge on any atom is -0.356 e. The van der Waals surface area contributed by atoms with E-state index in [1.807, 2.05) is 0 Å². The number of terminal acetylenes is 1. The van der Waals surface area contributed by atoms with Crippen LogP contribution < -0.4 is 10.6 Å². The van der Waals surface area contributed by atoms with Crippen molar-refractivity contribution in [1.29, 1.82) is 0 Å². The van der Waals surface area contributed by atoms with Crippen molar-refractivity contribution in [2.45, 2.75) is 44.9 Å². The van der Waals surface area contributed by atoms with E-state index in [0.717, 1.165) is 51.2 Å². The Hall–Kier alpha value is -1.01. The van der Waals surface area contributed by atoms with Crippen LogP contribution in [0.1, 0.15) is 44.9 Å². The van der Waals surface area contributed by atoms with Gasteiger partial charge in [0.1, 0.15) is 0 Å². The van der Waals surface area contributed by atoms with Crippen molar-refractivity contribution in [2.24, 2.45) is 5.92 Å². The molecule has 0 radical (unpaired) electrons. The molecule has 1 saturated heterocycles. The summed E-state index contributed by atoms with van der Waals surface area (Å²) in [5.74, 6) is 3.50. The average molecular weight is 236 g/mol. The average Bonchev–Trinajstić information content (AvgIpc) is 2.36. The van der Waals surface area contributed by atoms with Gasteiger partial charge in [-0.15, -0.1) is 12.3 Å². The highest BCUT2D eigenvalue weighted by Crippen LogP contribution is 2.12. The van der Waals surface area contributed by atoms with Crippen molar-refractivity contribution in [3.8, 4) is 12.3 Å². The van der Waals surface area contributed by atoms with Gasteiger partial charge in [-0.3, -0.25) is 4.79 Å². The maximum Gasteiger partial charge on any atom is 0.219 e. The van der Waals surface area contributed by atoms with Crippen LogP contribution in [0.4, 0.5) is 0 Å². The molecule has 0 aromatic rings. The Morgan fingerprint density at radius 3 is 3.06 bits per heavy atom. The normalized spacial score (nSPS) is 19.6. The number of carbonyl (C=O) groups excluding carboxylic acids is 1. The zero-order valence-corrected chi connectivity index (χ0v) is 10.6. The third-order valence-electron chi connectivity index (χ3n) is 3.25. The fourth-order valence-electron chi connectivity index (χ4n) is 2.19. The van der Waals surface area contributed by atoms with Crippen molar-refractivity contribution >= 4 is 5.91 Å². The summed E-state index contributed by atoms with van der Waals surface area (Å²) in [5, 5.41) is 6.38. The van der Waals surface area contributed by atoms with Crippen LogP contribution in [0, 0.1) is 18.3 Å². The number of carbonyl (C=O) groups is 1. The number of hydrogen-bond acceptors (Lipinski definition) is 2. The van der Waals surface area contributed by atoms with E-state index in [9.17, 15) is 4.79 Å². The van der Waals surface area contributed by atoms with Crippen molar-refractivity contribution in [2.75, 3.05) is 19.6 Å². The standard InChI is InChI=1S/C14H24N2O/c1-2-3-4-5-8-14(17)16-11-9-13-7-6-10-15-12-13/h1,13,15H,3-12H2,(H,16,17). The van der Waals surface area contributed by atoms with Crippen LogP contribution in [0.25, 0.3) is 0 Å². The topological polar surface area (TPSA) is 41.1 Å². The third-order valence-corrected chi connectivity index (χ3v) is 3.25. The van der Waals surface area contributed by atoms with Gasteiger partial charge >= 0.3 is 0 Å². The van der Waals surface area contributed by atoms with Crippen molar-refractivity contribution in [1.82, 2.24) is 10.6 Å². The van der Waals surface area contributed by atoms with Gasteiger partial charge in [0.05, 0.1) is 0 Å². The predicted molar refractivity (Wildman–Crippen MR) is 70.5 cm³/mol. The number of unbranched alkanes of at least 4 members (excludes halogenated alkanes) is 2. The molecule has 3 nitrogen and oxygen atoms in total. The lowest BCUT2D eigenvalue weighted by Crippen LogP contribution is -2.33. The second kappa shape index (κ2) is 9.07. The SMILES string of the molecule is C#CCCCCC(=O)NCCC1CCCNC1. The van der Waals surface area contributed by atoms with Gasteiger partial charge in [-0.05, 0) is 51.1 Å². The Morgan fingerprint density at radius 1 is 1.47 bits per heavy atom. The number of amides is 1. The van der Waals surface area contributed by atoms with E-state index < -0.39 is 0 Å². The molecule has 1 fully saturated rings. The summed E-state index contributed by atoms with van der Waals surface area (Å²) in [6.07, 6.45) is 12.1. The van der Waals surface area contributed by atoms with E-state index in [1.54, 1.807) is 0 Å². The Kier molecular flexibility index (Phi) is 7.49. The lowest BCUT2D eigenvalue weighted by atomic mass is 9.96. The number of hydrogen-bond donors (Lipinski definition) is 2. The largest absolute Gasteiger partial charge is 0.356 e. The summed E-state index contributed by atoms with van der Waals surface area (Å²) < 4.78 is 0. The zero-order valence-electron chi connectivity index (χ0n) is 10.6. The molecule has 0 aliphatic carbocycles. The van der Waals surface area contributed by atoms with Crippen molar-refractivity contribution < 1.29 is 4.79 Å². The Balaban J connectivity index is 1.94. The Morgan fingerprint density at radius 2 is 2.35 bits per heavy atom. The van der Waals surface area contributed by atoms with E-state index in [0.29, 0.717) is 6.42 Å². The highest BCUT2D eigenvalue weighted by atomic mass is 16.1. The maximum absolute atomic E-state index is 11.5. The zero-order chi connectivity index (χ0) is 12.3. The van der Waals surface area contributed by atoms with Crippen molar-refractivity contribution in [3.63, 3.8) is 0 Å². The minimum atomic E-state index is 0.172. The first-order chi connectivity index (χ1) is 8.33. The summed E-state index contributed by atoms with van der Waals surface area (Å²) in [5.41, 5.74) is 0. The van der Waals surface area contributed by atoms with Crippen LogP contribution in [0.3, 0.4) is 0 Å². The molecule has 0 spiro atoms. The van der Waals surface area contributed by atoms with Gasteiger partial charge in [0.2, 0.25) is 5.91 Å². The molecule has 0 aromatic carbocycles. The van der Waals surface area contributed by atoms with Gasteiger partial charge in [0, 0.05) is 19.4 Å².